The Labute approximate surface area is 151 Å². The molecule has 2 aromatic carbocycles. The number of halogens is 1. The van der Waals surface area contributed by atoms with Gasteiger partial charge in [-0.15, -0.1) is 0 Å². The molecule has 6 nitrogen and oxygen atoms in total. The Balaban J connectivity index is 1.60. The van der Waals surface area contributed by atoms with Crippen LogP contribution in [0.1, 0.15) is 17.5 Å². The zero-order chi connectivity index (χ0) is 18.7. The summed E-state index contributed by atoms with van der Waals surface area (Å²) in [6.45, 7) is -0.203. The quantitative estimate of drug-likeness (QED) is 0.809. The lowest BCUT2D eigenvalue weighted by molar-refractivity contribution is -0.118. The van der Waals surface area contributed by atoms with Gasteiger partial charge in [0.25, 0.3) is 5.91 Å². The summed E-state index contributed by atoms with van der Waals surface area (Å²) in [7, 11) is -3.62. The molecule has 3 rings (SSSR count). The fourth-order valence-corrected chi connectivity index (χ4v) is 3.42. The second kappa shape index (κ2) is 7.33. The smallest absolute Gasteiger partial charge is 0.262 e. The van der Waals surface area contributed by atoms with Crippen molar-refractivity contribution in [1.29, 1.82) is 0 Å². The van der Waals surface area contributed by atoms with Crippen LogP contribution in [0.2, 0.25) is 0 Å². The number of carbonyl (C=O) groups is 1. The van der Waals surface area contributed by atoms with Gasteiger partial charge in [0.15, 0.2) is 6.61 Å². The number of hydrogen-bond acceptors (Lipinski definition) is 4. The van der Waals surface area contributed by atoms with Gasteiger partial charge in [-0.1, -0.05) is 6.07 Å². The zero-order valence-electron chi connectivity index (χ0n) is 14.2. The van der Waals surface area contributed by atoms with E-state index in [-0.39, 0.29) is 18.0 Å². The van der Waals surface area contributed by atoms with Crippen LogP contribution in [-0.2, 0) is 27.7 Å². The molecule has 0 radical (unpaired) electrons. The standard InChI is InChI=1S/C18H19FN2O4S/c1-26(23,24)21-17-10-14(6-8-16(17)19)20-18(22)11-25-15-7-5-12-3-2-4-13(12)9-15/h5-10,21H,2-4,11H2,1H3,(H,20,22). The maximum atomic E-state index is 13.7. The van der Waals surface area contributed by atoms with Gasteiger partial charge in [0, 0.05) is 5.69 Å². The number of amides is 1. The third-order valence-electron chi connectivity index (χ3n) is 3.99. The Morgan fingerprint density at radius 2 is 1.92 bits per heavy atom. The van der Waals surface area contributed by atoms with Crippen molar-refractivity contribution >= 4 is 27.3 Å². The fourth-order valence-electron chi connectivity index (χ4n) is 2.86. The number of carbonyl (C=O) groups excluding carboxylic acids is 1. The molecule has 0 spiro atoms. The molecule has 0 saturated carbocycles. The van der Waals surface area contributed by atoms with Gasteiger partial charge in [-0.3, -0.25) is 9.52 Å². The van der Waals surface area contributed by atoms with Crippen LogP contribution in [0.3, 0.4) is 0 Å². The number of ether oxygens (including phenoxy) is 1. The van der Waals surface area contributed by atoms with Crippen molar-refractivity contribution in [2.45, 2.75) is 19.3 Å². The normalized spacial score (nSPS) is 13.2. The minimum absolute atomic E-state index is 0.203. The van der Waals surface area contributed by atoms with E-state index in [1.54, 1.807) is 0 Å². The number of anilines is 2. The van der Waals surface area contributed by atoms with E-state index < -0.39 is 21.7 Å². The minimum Gasteiger partial charge on any atom is -0.484 e. The van der Waals surface area contributed by atoms with Crippen LogP contribution >= 0.6 is 0 Å². The Morgan fingerprint density at radius 3 is 2.69 bits per heavy atom. The molecule has 0 saturated heterocycles. The molecule has 1 aliphatic carbocycles. The van der Waals surface area contributed by atoms with Crippen molar-refractivity contribution in [2.24, 2.45) is 0 Å². The molecule has 0 fully saturated rings. The lowest BCUT2D eigenvalue weighted by Crippen LogP contribution is -2.20. The molecule has 0 aromatic heterocycles. The van der Waals surface area contributed by atoms with Crippen LogP contribution in [0.15, 0.2) is 36.4 Å². The molecule has 138 valence electrons. The van der Waals surface area contributed by atoms with Gasteiger partial charge < -0.3 is 10.1 Å². The van der Waals surface area contributed by atoms with Crippen LogP contribution in [-0.4, -0.2) is 27.2 Å². The van der Waals surface area contributed by atoms with Crippen LogP contribution in [0.5, 0.6) is 5.75 Å². The highest BCUT2D eigenvalue weighted by atomic mass is 32.2. The van der Waals surface area contributed by atoms with Gasteiger partial charge >= 0.3 is 0 Å². The second-order valence-electron chi connectivity index (χ2n) is 6.19. The summed E-state index contributed by atoms with van der Waals surface area (Å²) in [6.07, 6.45) is 4.14. The fraction of sp³-hybridized carbons (Fsp3) is 0.278. The molecule has 0 heterocycles. The highest BCUT2D eigenvalue weighted by Gasteiger charge is 2.13. The highest BCUT2D eigenvalue weighted by Crippen LogP contribution is 2.26. The number of benzene rings is 2. The van der Waals surface area contributed by atoms with E-state index in [0.717, 1.165) is 31.6 Å². The van der Waals surface area contributed by atoms with Crippen molar-refractivity contribution in [1.82, 2.24) is 0 Å². The maximum Gasteiger partial charge on any atom is 0.262 e. The van der Waals surface area contributed by atoms with Gasteiger partial charge in [0.05, 0.1) is 11.9 Å². The molecular weight excluding hydrogens is 359 g/mol. The van der Waals surface area contributed by atoms with Crippen LogP contribution in [0, 0.1) is 5.82 Å². The maximum absolute atomic E-state index is 13.7. The van der Waals surface area contributed by atoms with Gasteiger partial charge in [-0.05, 0) is 60.7 Å². The average molecular weight is 378 g/mol. The molecule has 26 heavy (non-hydrogen) atoms. The Morgan fingerprint density at radius 1 is 1.15 bits per heavy atom. The molecule has 2 N–H and O–H groups in total. The first-order valence-electron chi connectivity index (χ1n) is 8.12. The lowest BCUT2D eigenvalue weighted by Gasteiger charge is -2.11. The summed E-state index contributed by atoms with van der Waals surface area (Å²) in [5.41, 5.74) is 2.60. The summed E-state index contributed by atoms with van der Waals surface area (Å²) in [5.74, 6) is -0.537. The van der Waals surface area contributed by atoms with E-state index in [2.05, 4.69) is 10.0 Å². The molecule has 1 amide bonds. The number of aryl methyl sites for hydroxylation is 2. The van der Waals surface area contributed by atoms with Crippen molar-refractivity contribution in [3.63, 3.8) is 0 Å². The van der Waals surface area contributed by atoms with Crippen molar-refractivity contribution in [3.8, 4) is 5.75 Å². The number of sulfonamides is 1. The topological polar surface area (TPSA) is 84.5 Å². The molecular formula is C18H19FN2O4S. The minimum atomic E-state index is -3.62. The summed E-state index contributed by atoms with van der Waals surface area (Å²) < 4.78 is 43.7. The zero-order valence-corrected chi connectivity index (χ0v) is 15.0. The van der Waals surface area contributed by atoms with E-state index in [0.29, 0.717) is 5.75 Å². The SMILES string of the molecule is CS(=O)(=O)Nc1cc(NC(=O)COc2ccc3c(c2)CCC3)ccc1F. The number of nitrogens with one attached hydrogen (secondary N) is 2. The number of fused-ring (bicyclic) bond motifs is 1. The Kier molecular flexibility index (Phi) is 5.13. The average Bonchev–Trinajstić information content (AvgIpc) is 3.02. The van der Waals surface area contributed by atoms with Crippen LogP contribution < -0.4 is 14.8 Å². The molecule has 1 aliphatic rings. The summed E-state index contributed by atoms with van der Waals surface area (Å²) in [4.78, 5) is 12.0. The van der Waals surface area contributed by atoms with E-state index in [9.17, 15) is 17.6 Å². The monoisotopic (exact) mass is 378 g/mol. The van der Waals surface area contributed by atoms with Gasteiger partial charge in [-0.25, -0.2) is 12.8 Å². The summed E-state index contributed by atoms with van der Waals surface area (Å²) in [5, 5.41) is 2.55. The highest BCUT2D eigenvalue weighted by molar-refractivity contribution is 7.92. The van der Waals surface area contributed by atoms with Gasteiger partial charge in [0.2, 0.25) is 10.0 Å². The van der Waals surface area contributed by atoms with Crippen molar-refractivity contribution in [3.05, 3.63) is 53.3 Å². The predicted octanol–water partition coefficient (Wildman–Crippen LogP) is 2.70. The van der Waals surface area contributed by atoms with E-state index in [1.165, 1.54) is 23.3 Å². The number of hydrogen-bond donors (Lipinski definition) is 2. The first kappa shape index (κ1) is 18.2. The van der Waals surface area contributed by atoms with Crippen LogP contribution in [0.4, 0.5) is 15.8 Å². The summed E-state index contributed by atoms with van der Waals surface area (Å²) >= 11 is 0. The van der Waals surface area contributed by atoms with E-state index in [1.807, 2.05) is 18.2 Å². The lowest BCUT2D eigenvalue weighted by atomic mass is 10.1. The predicted molar refractivity (Wildman–Crippen MR) is 97.5 cm³/mol. The third-order valence-corrected chi connectivity index (χ3v) is 4.58. The summed E-state index contributed by atoms with van der Waals surface area (Å²) in [6, 6.07) is 9.42. The molecule has 0 atom stereocenters. The first-order valence-corrected chi connectivity index (χ1v) is 10.0. The molecule has 2 aromatic rings. The molecule has 0 unspecified atom stereocenters. The number of rotatable bonds is 6. The van der Waals surface area contributed by atoms with E-state index >= 15 is 0 Å². The van der Waals surface area contributed by atoms with Crippen molar-refractivity contribution < 1.29 is 22.3 Å². The Hall–Kier alpha value is -2.61. The third kappa shape index (κ3) is 4.72. The van der Waals surface area contributed by atoms with Crippen molar-refractivity contribution in [2.75, 3.05) is 22.9 Å². The first-order chi connectivity index (χ1) is 12.3. The van der Waals surface area contributed by atoms with Gasteiger partial charge in [-0.2, -0.15) is 0 Å². The second-order valence-corrected chi connectivity index (χ2v) is 7.94. The molecule has 0 aliphatic heterocycles. The van der Waals surface area contributed by atoms with E-state index in [4.69, 9.17) is 4.74 Å². The van der Waals surface area contributed by atoms with Crippen LogP contribution in [0.25, 0.3) is 0 Å². The molecule has 0 bridgehead atoms. The largest absolute Gasteiger partial charge is 0.484 e. The Bertz CT molecular complexity index is 944. The van der Waals surface area contributed by atoms with Gasteiger partial charge in [0.1, 0.15) is 11.6 Å². The molecule has 8 heteroatoms.